The van der Waals surface area contributed by atoms with Gasteiger partial charge in [0.05, 0.1) is 6.04 Å². The molecule has 0 aliphatic carbocycles. The molecule has 0 aliphatic heterocycles. The van der Waals surface area contributed by atoms with Gasteiger partial charge in [0, 0.05) is 12.8 Å². The summed E-state index contributed by atoms with van der Waals surface area (Å²) in [6, 6.07) is -0.211. The Morgan fingerprint density at radius 3 is 2.47 bits per heavy atom. The number of nitrogens with one attached hydrogen (secondary N) is 1. The quantitative estimate of drug-likeness (QED) is 0.490. The Balaban J connectivity index is 3.58. The molecule has 0 fully saturated rings. The average Bonchev–Trinajstić information content (AvgIpc) is 2.20. The van der Waals surface area contributed by atoms with Crippen LogP contribution in [0.5, 0.6) is 0 Å². The highest BCUT2D eigenvalue weighted by Crippen LogP contribution is 2.00. The lowest BCUT2D eigenvalue weighted by Gasteiger charge is -2.09. The predicted octanol–water partition coefficient (Wildman–Crippen LogP) is 1.16. The third-order valence-corrected chi connectivity index (χ3v) is 1.99. The zero-order valence-corrected chi connectivity index (χ0v) is 8.95. The summed E-state index contributed by atoms with van der Waals surface area (Å²) in [5, 5.41) is 11.1. The van der Waals surface area contributed by atoms with Crippen LogP contribution in [0.3, 0.4) is 0 Å². The molecule has 0 spiro atoms. The molecule has 0 heterocycles. The van der Waals surface area contributed by atoms with Crippen LogP contribution in [0.25, 0.3) is 0 Å². The highest BCUT2D eigenvalue weighted by Gasteiger charge is 2.07. The van der Waals surface area contributed by atoms with Gasteiger partial charge in [-0.05, 0) is 19.3 Å². The van der Waals surface area contributed by atoms with Crippen LogP contribution in [-0.4, -0.2) is 23.0 Å². The summed E-state index contributed by atoms with van der Waals surface area (Å²) in [6.45, 7) is 1.90. The molecular formula is C11H17NO3. The largest absolute Gasteiger partial charge is 0.481 e. The van der Waals surface area contributed by atoms with Gasteiger partial charge in [0.2, 0.25) is 5.91 Å². The van der Waals surface area contributed by atoms with Crippen LogP contribution >= 0.6 is 0 Å². The zero-order chi connectivity index (χ0) is 11.7. The normalized spacial score (nSPS) is 11.5. The topological polar surface area (TPSA) is 66.4 Å². The van der Waals surface area contributed by atoms with Crippen molar-refractivity contribution < 1.29 is 14.7 Å². The van der Waals surface area contributed by atoms with Crippen molar-refractivity contribution in [2.75, 3.05) is 0 Å². The lowest BCUT2D eigenvalue weighted by molar-refractivity contribution is -0.137. The van der Waals surface area contributed by atoms with Crippen LogP contribution in [0.2, 0.25) is 0 Å². The Hall–Kier alpha value is -1.50. The maximum atomic E-state index is 11.3. The zero-order valence-electron chi connectivity index (χ0n) is 8.95. The molecule has 0 aromatic rings. The van der Waals surface area contributed by atoms with Crippen molar-refractivity contribution in [1.82, 2.24) is 5.32 Å². The van der Waals surface area contributed by atoms with Crippen LogP contribution in [0.4, 0.5) is 0 Å². The highest BCUT2D eigenvalue weighted by molar-refractivity contribution is 5.76. The minimum absolute atomic E-state index is 0.106. The highest BCUT2D eigenvalue weighted by atomic mass is 16.4. The first-order valence-corrected chi connectivity index (χ1v) is 5.07. The summed E-state index contributed by atoms with van der Waals surface area (Å²) in [5.41, 5.74) is 0. The Morgan fingerprint density at radius 1 is 1.40 bits per heavy atom. The predicted molar refractivity (Wildman–Crippen MR) is 57.2 cm³/mol. The van der Waals surface area contributed by atoms with Crippen LogP contribution in [0.15, 0.2) is 0 Å². The number of hydrogen-bond donors (Lipinski definition) is 2. The summed E-state index contributed by atoms with van der Waals surface area (Å²) in [4.78, 5) is 21.4. The van der Waals surface area contributed by atoms with Crippen molar-refractivity contribution in [1.29, 1.82) is 0 Å². The van der Waals surface area contributed by atoms with Crippen LogP contribution in [0, 0.1) is 12.3 Å². The summed E-state index contributed by atoms with van der Waals surface area (Å²) in [5.74, 6) is 1.53. The maximum absolute atomic E-state index is 11.3. The van der Waals surface area contributed by atoms with Gasteiger partial charge < -0.3 is 10.4 Å². The standard InChI is InChI=1S/C11H17NO3/c1-3-9(4-2)12-10(13)7-5-6-8-11(14)15/h1,9H,4-8H2,2H3,(H,12,13)(H,14,15). The van der Waals surface area contributed by atoms with E-state index >= 15 is 0 Å². The fourth-order valence-corrected chi connectivity index (χ4v) is 1.09. The lowest BCUT2D eigenvalue weighted by Crippen LogP contribution is -2.32. The third kappa shape index (κ3) is 7.56. The number of amides is 1. The van der Waals surface area contributed by atoms with E-state index in [0.29, 0.717) is 25.7 Å². The molecule has 1 atom stereocenters. The smallest absolute Gasteiger partial charge is 0.303 e. The second-order valence-corrected chi connectivity index (χ2v) is 3.30. The molecule has 0 bridgehead atoms. The number of aliphatic carboxylic acids is 1. The minimum Gasteiger partial charge on any atom is -0.481 e. The first kappa shape index (κ1) is 13.5. The van der Waals surface area contributed by atoms with Crippen LogP contribution in [0.1, 0.15) is 39.0 Å². The van der Waals surface area contributed by atoms with Gasteiger partial charge in [0.25, 0.3) is 0 Å². The lowest BCUT2D eigenvalue weighted by atomic mass is 10.1. The molecule has 15 heavy (non-hydrogen) atoms. The molecular weight excluding hydrogens is 194 g/mol. The number of carboxylic acid groups (broad SMARTS) is 1. The fourth-order valence-electron chi connectivity index (χ4n) is 1.09. The fraction of sp³-hybridized carbons (Fsp3) is 0.636. The Labute approximate surface area is 90.1 Å². The van der Waals surface area contributed by atoms with Crippen molar-refractivity contribution in [2.45, 2.75) is 45.1 Å². The van der Waals surface area contributed by atoms with Gasteiger partial charge in [-0.1, -0.05) is 12.8 Å². The van der Waals surface area contributed by atoms with E-state index in [0.717, 1.165) is 0 Å². The summed E-state index contributed by atoms with van der Waals surface area (Å²) >= 11 is 0. The van der Waals surface area contributed by atoms with Crippen molar-refractivity contribution in [3.63, 3.8) is 0 Å². The van der Waals surface area contributed by atoms with Gasteiger partial charge in [-0.25, -0.2) is 0 Å². The third-order valence-electron chi connectivity index (χ3n) is 1.99. The summed E-state index contributed by atoms with van der Waals surface area (Å²) in [6.07, 6.45) is 7.44. The molecule has 4 heteroatoms. The van der Waals surface area contributed by atoms with E-state index in [2.05, 4.69) is 11.2 Å². The molecule has 1 unspecified atom stereocenters. The Kier molecular flexibility index (Phi) is 7.08. The van der Waals surface area contributed by atoms with Gasteiger partial charge >= 0.3 is 5.97 Å². The summed E-state index contributed by atoms with van der Waals surface area (Å²) in [7, 11) is 0. The first-order chi connectivity index (χ1) is 7.10. The number of rotatable bonds is 7. The molecule has 0 saturated heterocycles. The molecule has 84 valence electrons. The number of carboxylic acids is 1. The van der Waals surface area contributed by atoms with E-state index in [-0.39, 0.29) is 18.4 Å². The van der Waals surface area contributed by atoms with E-state index in [4.69, 9.17) is 11.5 Å². The second kappa shape index (κ2) is 7.86. The van der Waals surface area contributed by atoms with Gasteiger partial charge in [-0.15, -0.1) is 6.42 Å². The monoisotopic (exact) mass is 211 g/mol. The number of carbonyl (C=O) groups excluding carboxylic acids is 1. The summed E-state index contributed by atoms with van der Waals surface area (Å²) < 4.78 is 0. The van der Waals surface area contributed by atoms with Crippen molar-refractivity contribution in [3.8, 4) is 12.3 Å². The van der Waals surface area contributed by atoms with Gasteiger partial charge in [0.1, 0.15) is 0 Å². The molecule has 0 aliphatic rings. The van der Waals surface area contributed by atoms with E-state index < -0.39 is 5.97 Å². The Morgan fingerprint density at radius 2 is 2.00 bits per heavy atom. The molecule has 2 N–H and O–H groups in total. The molecule has 0 aromatic carbocycles. The molecule has 0 rings (SSSR count). The van der Waals surface area contributed by atoms with Crippen molar-refractivity contribution in [2.24, 2.45) is 0 Å². The Bertz CT molecular complexity index is 255. The molecule has 0 radical (unpaired) electrons. The van der Waals surface area contributed by atoms with E-state index in [1.165, 1.54) is 0 Å². The number of hydrogen-bond acceptors (Lipinski definition) is 2. The number of unbranched alkanes of at least 4 members (excludes halogenated alkanes) is 1. The molecule has 0 aromatic heterocycles. The van der Waals surface area contributed by atoms with E-state index in [9.17, 15) is 9.59 Å². The van der Waals surface area contributed by atoms with Gasteiger partial charge in [-0.2, -0.15) is 0 Å². The van der Waals surface area contributed by atoms with Crippen LogP contribution in [-0.2, 0) is 9.59 Å². The van der Waals surface area contributed by atoms with Gasteiger partial charge in [0.15, 0.2) is 0 Å². The van der Waals surface area contributed by atoms with Crippen molar-refractivity contribution in [3.05, 3.63) is 0 Å². The van der Waals surface area contributed by atoms with Crippen molar-refractivity contribution >= 4 is 11.9 Å². The molecule has 0 saturated carbocycles. The number of carbonyl (C=O) groups is 2. The average molecular weight is 211 g/mol. The van der Waals surface area contributed by atoms with Crippen LogP contribution < -0.4 is 5.32 Å². The molecule has 1 amide bonds. The molecule has 4 nitrogen and oxygen atoms in total. The number of terminal acetylenes is 1. The maximum Gasteiger partial charge on any atom is 0.303 e. The van der Waals surface area contributed by atoms with E-state index in [1.54, 1.807) is 0 Å². The van der Waals surface area contributed by atoms with Gasteiger partial charge in [-0.3, -0.25) is 9.59 Å². The minimum atomic E-state index is -0.828. The SMILES string of the molecule is C#CC(CC)NC(=O)CCCCC(=O)O. The van der Waals surface area contributed by atoms with E-state index in [1.807, 2.05) is 6.92 Å². The first-order valence-electron chi connectivity index (χ1n) is 5.07. The second-order valence-electron chi connectivity index (χ2n) is 3.30.